The van der Waals surface area contributed by atoms with E-state index in [1.807, 2.05) is 61.5 Å². The van der Waals surface area contributed by atoms with Crippen LogP contribution in [0.4, 0.5) is 9.93 Å². The van der Waals surface area contributed by atoms with E-state index < -0.39 is 6.09 Å². The van der Waals surface area contributed by atoms with Crippen LogP contribution in [-0.2, 0) is 11.3 Å². The quantitative estimate of drug-likeness (QED) is 0.500. The number of hydrogen-bond acceptors (Lipinski definition) is 5. The van der Waals surface area contributed by atoms with Gasteiger partial charge in [-0.25, -0.2) is 9.78 Å². The molecule has 0 spiro atoms. The molecule has 1 amide bonds. The Morgan fingerprint density at radius 2 is 1.93 bits per heavy atom. The van der Waals surface area contributed by atoms with E-state index in [4.69, 9.17) is 10.5 Å². The van der Waals surface area contributed by atoms with Gasteiger partial charge in [0.25, 0.3) is 0 Å². The minimum Gasteiger partial charge on any atom is -0.445 e. The molecule has 0 bridgehead atoms. The Bertz CT molecular complexity index is 986. The Morgan fingerprint density at radius 1 is 1.18 bits per heavy atom. The maximum Gasteiger partial charge on any atom is 0.407 e. The largest absolute Gasteiger partial charge is 0.445 e. The minimum absolute atomic E-state index is 0.259. The van der Waals surface area contributed by atoms with E-state index in [9.17, 15) is 4.79 Å². The fourth-order valence-corrected chi connectivity index (χ4v) is 3.27. The van der Waals surface area contributed by atoms with Crippen LogP contribution in [0.2, 0.25) is 0 Å². The SMILES string of the molecule is Cc1sc(N)nc1-c1ccc(C#CCCNC(=O)OCc2ccccc2)cc1. The highest BCUT2D eigenvalue weighted by Crippen LogP contribution is 2.28. The van der Waals surface area contributed by atoms with E-state index in [0.29, 0.717) is 18.1 Å². The van der Waals surface area contributed by atoms with Crippen LogP contribution in [0.1, 0.15) is 22.4 Å². The van der Waals surface area contributed by atoms with Gasteiger partial charge in [0.1, 0.15) is 6.61 Å². The van der Waals surface area contributed by atoms with Crippen molar-refractivity contribution in [1.82, 2.24) is 10.3 Å². The fraction of sp³-hybridized carbons (Fsp3) is 0.182. The number of aromatic nitrogens is 1. The second-order valence-corrected chi connectivity index (χ2v) is 7.31. The van der Waals surface area contributed by atoms with E-state index in [-0.39, 0.29) is 6.61 Å². The lowest BCUT2D eigenvalue weighted by atomic mass is 10.1. The van der Waals surface area contributed by atoms with Gasteiger partial charge < -0.3 is 15.8 Å². The van der Waals surface area contributed by atoms with Crippen molar-refractivity contribution in [2.45, 2.75) is 20.0 Å². The molecule has 2 aromatic carbocycles. The standard InChI is InChI=1S/C22H21N3O2S/c1-16-20(25-21(23)28-16)19-12-10-17(11-13-19)7-5-6-14-24-22(26)27-15-18-8-3-2-4-9-18/h2-4,8-13H,6,14-15H2,1H3,(H2,23,25)(H,24,26). The first kappa shape index (κ1) is 19.5. The molecule has 5 nitrogen and oxygen atoms in total. The maximum absolute atomic E-state index is 11.7. The number of carbonyl (C=O) groups is 1. The van der Waals surface area contributed by atoms with Crippen LogP contribution in [0.5, 0.6) is 0 Å². The number of carbonyl (C=O) groups excluding carboxylic acids is 1. The number of benzene rings is 2. The number of nitrogens with zero attached hydrogens (tertiary/aromatic N) is 1. The van der Waals surface area contributed by atoms with Gasteiger partial charge in [-0.15, -0.1) is 11.3 Å². The summed E-state index contributed by atoms with van der Waals surface area (Å²) in [4.78, 5) is 17.1. The third kappa shape index (κ3) is 5.60. The Kier molecular flexibility index (Phi) is 6.66. The van der Waals surface area contributed by atoms with Crippen molar-refractivity contribution < 1.29 is 9.53 Å². The van der Waals surface area contributed by atoms with Crippen molar-refractivity contribution in [1.29, 1.82) is 0 Å². The van der Waals surface area contributed by atoms with E-state index in [1.54, 1.807) is 0 Å². The summed E-state index contributed by atoms with van der Waals surface area (Å²) >= 11 is 1.49. The number of amides is 1. The predicted molar refractivity (Wildman–Crippen MR) is 113 cm³/mol. The summed E-state index contributed by atoms with van der Waals surface area (Å²) in [6.07, 6.45) is 0.108. The third-order valence-electron chi connectivity index (χ3n) is 3.94. The van der Waals surface area contributed by atoms with Crippen LogP contribution in [0.3, 0.4) is 0 Å². The van der Waals surface area contributed by atoms with Crippen LogP contribution in [-0.4, -0.2) is 17.6 Å². The number of thiazole rings is 1. The second kappa shape index (κ2) is 9.58. The molecule has 3 N–H and O–H groups in total. The number of nitrogens with one attached hydrogen (secondary N) is 1. The number of hydrogen-bond donors (Lipinski definition) is 2. The molecule has 3 aromatic rings. The number of alkyl carbamates (subject to hydrolysis) is 1. The lowest BCUT2D eigenvalue weighted by Gasteiger charge is -2.05. The number of aryl methyl sites for hydroxylation is 1. The Labute approximate surface area is 168 Å². The summed E-state index contributed by atoms with van der Waals surface area (Å²) in [5.74, 6) is 6.14. The van der Waals surface area contributed by atoms with Crippen LogP contribution < -0.4 is 11.1 Å². The van der Waals surface area contributed by atoms with Crippen molar-refractivity contribution in [2.24, 2.45) is 0 Å². The van der Waals surface area contributed by atoms with Gasteiger partial charge in [0.2, 0.25) is 0 Å². The zero-order valence-corrected chi connectivity index (χ0v) is 16.4. The van der Waals surface area contributed by atoms with Crippen molar-refractivity contribution in [3.8, 4) is 23.1 Å². The van der Waals surface area contributed by atoms with Gasteiger partial charge in [0, 0.05) is 29.0 Å². The Hall–Kier alpha value is -3.30. The maximum atomic E-state index is 11.7. The van der Waals surface area contributed by atoms with Gasteiger partial charge in [-0.2, -0.15) is 0 Å². The first-order chi connectivity index (χ1) is 13.6. The van der Waals surface area contributed by atoms with E-state index in [2.05, 4.69) is 22.1 Å². The molecule has 0 unspecified atom stereocenters. The van der Waals surface area contributed by atoms with Crippen molar-refractivity contribution in [3.05, 3.63) is 70.6 Å². The molecular formula is C22H21N3O2S. The summed E-state index contributed by atoms with van der Waals surface area (Å²) in [5, 5.41) is 3.27. The van der Waals surface area contributed by atoms with Crippen molar-refractivity contribution in [2.75, 3.05) is 12.3 Å². The topological polar surface area (TPSA) is 77.2 Å². The zero-order chi connectivity index (χ0) is 19.8. The number of anilines is 1. The van der Waals surface area contributed by atoms with Crippen molar-refractivity contribution in [3.63, 3.8) is 0 Å². The highest BCUT2D eigenvalue weighted by molar-refractivity contribution is 7.15. The summed E-state index contributed by atoms with van der Waals surface area (Å²) < 4.78 is 5.15. The number of ether oxygens (including phenoxy) is 1. The second-order valence-electron chi connectivity index (χ2n) is 6.07. The summed E-state index contributed by atoms with van der Waals surface area (Å²) in [7, 11) is 0. The molecule has 0 atom stereocenters. The molecule has 142 valence electrons. The lowest BCUT2D eigenvalue weighted by molar-refractivity contribution is 0.140. The highest BCUT2D eigenvalue weighted by Gasteiger charge is 2.07. The average molecular weight is 391 g/mol. The zero-order valence-electron chi connectivity index (χ0n) is 15.6. The predicted octanol–water partition coefficient (Wildman–Crippen LogP) is 4.37. The average Bonchev–Trinajstić information content (AvgIpc) is 3.05. The van der Waals surface area contributed by atoms with Gasteiger partial charge in [0.05, 0.1) is 5.69 Å². The molecular weight excluding hydrogens is 370 g/mol. The van der Waals surface area contributed by atoms with Gasteiger partial charge in [0.15, 0.2) is 5.13 Å². The number of rotatable bonds is 5. The first-order valence-electron chi connectivity index (χ1n) is 8.88. The molecule has 0 saturated heterocycles. The van der Waals surface area contributed by atoms with Gasteiger partial charge in [-0.05, 0) is 24.6 Å². The molecule has 0 radical (unpaired) electrons. The van der Waals surface area contributed by atoms with E-state index in [0.717, 1.165) is 27.3 Å². The highest BCUT2D eigenvalue weighted by atomic mass is 32.1. The van der Waals surface area contributed by atoms with Gasteiger partial charge >= 0.3 is 6.09 Å². The normalized spacial score (nSPS) is 10.0. The molecule has 3 rings (SSSR count). The number of nitrogens with two attached hydrogens (primary N) is 1. The Morgan fingerprint density at radius 3 is 2.61 bits per heavy atom. The summed E-state index contributed by atoms with van der Waals surface area (Å²) in [5.41, 5.74) is 9.57. The molecule has 0 saturated carbocycles. The Balaban J connectivity index is 1.42. The van der Waals surface area contributed by atoms with E-state index in [1.165, 1.54) is 11.3 Å². The van der Waals surface area contributed by atoms with Crippen LogP contribution in [0.25, 0.3) is 11.3 Å². The number of nitrogen functional groups attached to an aromatic ring is 1. The van der Waals surface area contributed by atoms with E-state index >= 15 is 0 Å². The monoisotopic (exact) mass is 391 g/mol. The minimum atomic E-state index is -0.437. The molecule has 0 fully saturated rings. The fourth-order valence-electron chi connectivity index (χ4n) is 2.56. The summed E-state index contributed by atoms with van der Waals surface area (Å²) in [6, 6.07) is 17.5. The molecule has 6 heteroatoms. The lowest BCUT2D eigenvalue weighted by Crippen LogP contribution is -2.24. The molecule has 0 aliphatic heterocycles. The molecule has 0 aliphatic rings. The smallest absolute Gasteiger partial charge is 0.407 e. The first-order valence-corrected chi connectivity index (χ1v) is 9.70. The van der Waals surface area contributed by atoms with Crippen molar-refractivity contribution >= 4 is 22.6 Å². The molecule has 1 aromatic heterocycles. The van der Waals surface area contributed by atoms with Crippen LogP contribution >= 0.6 is 11.3 Å². The molecule has 0 aliphatic carbocycles. The van der Waals surface area contributed by atoms with Gasteiger partial charge in [-0.1, -0.05) is 54.3 Å². The molecule has 28 heavy (non-hydrogen) atoms. The summed E-state index contributed by atoms with van der Waals surface area (Å²) in [6.45, 7) is 2.71. The van der Waals surface area contributed by atoms with Crippen LogP contribution in [0.15, 0.2) is 54.6 Å². The van der Waals surface area contributed by atoms with Gasteiger partial charge in [-0.3, -0.25) is 0 Å². The van der Waals surface area contributed by atoms with Crippen LogP contribution in [0, 0.1) is 18.8 Å². The molecule has 1 heterocycles. The third-order valence-corrected chi connectivity index (χ3v) is 4.74.